The normalized spacial score (nSPS) is 13.1. The highest BCUT2D eigenvalue weighted by atomic mass is 79.9. The molecule has 0 heterocycles. The number of rotatable bonds is 1. The molecule has 0 aliphatic carbocycles. The number of nitrogens with two attached hydrogens (primary N) is 1. The summed E-state index contributed by atoms with van der Waals surface area (Å²) in [5.41, 5.74) is 7.10. The molecule has 0 aromatic heterocycles. The number of halogens is 2. The quantitative estimate of drug-likeness (QED) is 0.791. The van der Waals surface area contributed by atoms with Crippen LogP contribution in [0.5, 0.6) is 0 Å². The van der Waals surface area contributed by atoms with Crippen molar-refractivity contribution in [2.24, 2.45) is 5.73 Å². The third kappa shape index (κ3) is 1.67. The summed E-state index contributed by atoms with van der Waals surface area (Å²) in [4.78, 5) is 0. The predicted molar refractivity (Wildman–Crippen MR) is 51.4 cm³/mol. The molecule has 0 radical (unpaired) electrons. The van der Waals surface area contributed by atoms with Gasteiger partial charge in [-0.2, -0.15) is 0 Å². The first-order valence-electron chi connectivity index (χ1n) is 3.74. The minimum absolute atomic E-state index is 0.245. The number of hydrogen-bond acceptors (Lipinski definition) is 1. The van der Waals surface area contributed by atoms with Crippen LogP contribution in [-0.4, -0.2) is 0 Å². The molecule has 3 heteroatoms. The largest absolute Gasteiger partial charge is 0.324 e. The lowest BCUT2D eigenvalue weighted by atomic mass is 10.0. The molecule has 66 valence electrons. The van der Waals surface area contributed by atoms with Crippen LogP contribution in [0.1, 0.15) is 24.1 Å². The summed E-state index contributed by atoms with van der Waals surface area (Å²) in [5.74, 6) is -0.245. The van der Waals surface area contributed by atoms with E-state index in [0.717, 1.165) is 5.56 Å². The molecule has 0 spiro atoms. The zero-order valence-corrected chi connectivity index (χ0v) is 8.65. The average molecular weight is 232 g/mol. The van der Waals surface area contributed by atoms with Crippen LogP contribution >= 0.6 is 15.9 Å². The van der Waals surface area contributed by atoms with E-state index < -0.39 is 0 Å². The van der Waals surface area contributed by atoms with Gasteiger partial charge in [0.1, 0.15) is 5.82 Å². The summed E-state index contributed by atoms with van der Waals surface area (Å²) in [6, 6.07) is 3.28. The van der Waals surface area contributed by atoms with E-state index in [-0.39, 0.29) is 11.9 Å². The minimum atomic E-state index is -0.262. The van der Waals surface area contributed by atoms with E-state index in [1.165, 1.54) is 0 Å². The van der Waals surface area contributed by atoms with Crippen LogP contribution in [0.4, 0.5) is 4.39 Å². The van der Waals surface area contributed by atoms with E-state index in [4.69, 9.17) is 5.73 Å². The highest BCUT2D eigenvalue weighted by Crippen LogP contribution is 2.25. The molecule has 1 aromatic rings. The molecule has 12 heavy (non-hydrogen) atoms. The molecular weight excluding hydrogens is 221 g/mol. The Kier molecular flexibility index (Phi) is 2.85. The van der Waals surface area contributed by atoms with Crippen molar-refractivity contribution in [1.82, 2.24) is 0 Å². The van der Waals surface area contributed by atoms with Gasteiger partial charge in [0, 0.05) is 11.6 Å². The molecule has 0 saturated carbocycles. The third-order valence-corrected chi connectivity index (χ3v) is 2.42. The van der Waals surface area contributed by atoms with Crippen LogP contribution in [0.2, 0.25) is 0 Å². The van der Waals surface area contributed by atoms with Crippen LogP contribution in [-0.2, 0) is 0 Å². The van der Waals surface area contributed by atoms with Crippen LogP contribution in [0, 0.1) is 12.7 Å². The van der Waals surface area contributed by atoms with Crippen molar-refractivity contribution in [3.63, 3.8) is 0 Å². The summed E-state index contributed by atoms with van der Waals surface area (Å²) >= 11 is 3.12. The van der Waals surface area contributed by atoms with Crippen molar-refractivity contribution in [1.29, 1.82) is 0 Å². The first kappa shape index (κ1) is 9.68. The molecular formula is C9H11BrFN. The van der Waals surface area contributed by atoms with Crippen molar-refractivity contribution < 1.29 is 4.39 Å². The Balaban J connectivity index is 3.33. The van der Waals surface area contributed by atoms with Crippen LogP contribution < -0.4 is 5.73 Å². The molecule has 0 saturated heterocycles. The molecule has 1 aromatic carbocycles. The van der Waals surface area contributed by atoms with Gasteiger partial charge < -0.3 is 5.73 Å². The second kappa shape index (κ2) is 3.54. The second-order valence-corrected chi connectivity index (χ2v) is 3.73. The maximum absolute atomic E-state index is 13.4. The second-order valence-electron chi connectivity index (χ2n) is 2.88. The highest BCUT2D eigenvalue weighted by molar-refractivity contribution is 9.10. The van der Waals surface area contributed by atoms with Crippen molar-refractivity contribution in [3.05, 3.63) is 33.5 Å². The van der Waals surface area contributed by atoms with Crippen molar-refractivity contribution in [2.45, 2.75) is 19.9 Å². The third-order valence-electron chi connectivity index (χ3n) is 1.81. The van der Waals surface area contributed by atoms with Gasteiger partial charge in [-0.05, 0) is 41.4 Å². The van der Waals surface area contributed by atoms with Crippen molar-refractivity contribution >= 4 is 15.9 Å². The Hall–Kier alpha value is -0.410. The van der Waals surface area contributed by atoms with Gasteiger partial charge in [0.05, 0.1) is 4.47 Å². The van der Waals surface area contributed by atoms with Gasteiger partial charge in [0.25, 0.3) is 0 Å². The van der Waals surface area contributed by atoms with Gasteiger partial charge in [-0.3, -0.25) is 0 Å². The van der Waals surface area contributed by atoms with Crippen LogP contribution in [0.15, 0.2) is 16.6 Å². The number of aryl methyl sites for hydroxylation is 1. The zero-order chi connectivity index (χ0) is 9.30. The maximum atomic E-state index is 13.4. The fraction of sp³-hybridized carbons (Fsp3) is 0.333. The van der Waals surface area contributed by atoms with Gasteiger partial charge in [-0.15, -0.1) is 0 Å². The molecule has 1 rings (SSSR count). The zero-order valence-electron chi connectivity index (χ0n) is 7.07. The lowest BCUT2D eigenvalue weighted by Gasteiger charge is -2.11. The molecule has 0 bridgehead atoms. The van der Waals surface area contributed by atoms with E-state index in [1.807, 2.05) is 13.0 Å². The maximum Gasteiger partial charge on any atom is 0.142 e. The van der Waals surface area contributed by atoms with Gasteiger partial charge in [0.15, 0.2) is 0 Å². The molecule has 1 unspecified atom stereocenters. The molecule has 0 aliphatic heterocycles. The van der Waals surface area contributed by atoms with Gasteiger partial charge in [-0.1, -0.05) is 6.07 Å². The van der Waals surface area contributed by atoms with Gasteiger partial charge >= 0.3 is 0 Å². The van der Waals surface area contributed by atoms with Gasteiger partial charge in [-0.25, -0.2) is 4.39 Å². The first-order valence-corrected chi connectivity index (χ1v) is 4.53. The van der Waals surface area contributed by atoms with E-state index in [0.29, 0.717) is 10.0 Å². The Morgan fingerprint density at radius 1 is 1.50 bits per heavy atom. The van der Waals surface area contributed by atoms with Crippen molar-refractivity contribution in [3.8, 4) is 0 Å². The fourth-order valence-electron chi connectivity index (χ4n) is 1.22. The Labute approximate surface area is 79.9 Å². The molecule has 0 fully saturated rings. The topological polar surface area (TPSA) is 26.0 Å². The summed E-state index contributed by atoms with van der Waals surface area (Å²) in [5, 5.41) is 0. The molecule has 1 nitrogen and oxygen atoms in total. The van der Waals surface area contributed by atoms with E-state index in [1.54, 1.807) is 13.0 Å². The molecule has 0 aliphatic rings. The SMILES string of the molecule is Cc1ccc(Br)c(F)c1C(C)N. The Bertz CT molecular complexity index is 297. The summed E-state index contributed by atoms with van der Waals surface area (Å²) < 4.78 is 13.9. The van der Waals surface area contributed by atoms with E-state index in [2.05, 4.69) is 15.9 Å². The summed E-state index contributed by atoms with van der Waals surface area (Å²) in [7, 11) is 0. The molecule has 1 atom stereocenters. The lowest BCUT2D eigenvalue weighted by Crippen LogP contribution is -2.09. The standard InChI is InChI=1S/C9H11BrFN/c1-5-3-4-7(10)9(11)8(5)6(2)12/h3-4,6H,12H2,1-2H3. The Morgan fingerprint density at radius 3 is 2.50 bits per heavy atom. The summed E-state index contributed by atoms with van der Waals surface area (Å²) in [6.45, 7) is 3.63. The lowest BCUT2D eigenvalue weighted by molar-refractivity contribution is 0.585. The minimum Gasteiger partial charge on any atom is -0.324 e. The molecule has 0 amide bonds. The van der Waals surface area contributed by atoms with Crippen molar-refractivity contribution in [2.75, 3.05) is 0 Å². The number of hydrogen-bond donors (Lipinski definition) is 1. The van der Waals surface area contributed by atoms with Crippen LogP contribution in [0.25, 0.3) is 0 Å². The summed E-state index contributed by atoms with van der Waals surface area (Å²) in [6.07, 6.45) is 0. The molecule has 2 N–H and O–H groups in total. The Morgan fingerprint density at radius 2 is 2.08 bits per heavy atom. The highest BCUT2D eigenvalue weighted by Gasteiger charge is 2.12. The average Bonchev–Trinajstić information content (AvgIpc) is 1.97. The van der Waals surface area contributed by atoms with E-state index >= 15 is 0 Å². The smallest absolute Gasteiger partial charge is 0.142 e. The number of benzene rings is 1. The van der Waals surface area contributed by atoms with Crippen LogP contribution in [0.3, 0.4) is 0 Å². The first-order chi connectivity index (χ1) is 5.54. The monoisotopic (exact) mass is 231 g/mol. The van der Waals surface area contributed by atoms with E-state index in [9.17, 15) is 4.39 Å². The fourth-order valence-corrected chi connectivity index (χ4v) is 1.57. The predicted octanol–water partition coefficient (Wildman–Crippen LogP) is 2.92. The van der Waals surface area contributed by atoms with Gasteiger partial charge in [0.2, 0.25) is 0 Å².